The first-order chi connectivity index (χ1) is 14.1. The van der Waals surface area contributed by atoms with Crippen molar-refractivity contribution in [3.63, 3.8) is 0 Å². The third-order valence-electron chi connectivity index (χ3n) is 6.01. The first-order valence-corrected chi connectivity index (χ1v) is 10.7. The number of ether oxygens (including phenoxy) is 1. The molecular weight excluding hydrogens is 366 g/mol. The highest BCUT2D eigenvalue weighted by molar-refractivity contribution is 5.80. The number of carbonyl (C=O) groups is 1. The van der Waals surface area contributed by atoms with Crippen molar-refractivity contribution in [3.05, 3.63) is 48.3 Å². The Morgan fingerprint density at radius 3 is 2.79 bits per heavy atom. The number of aromatic nitrogens is 3. The van der Waals surface area contributed by atoms with Crippen LogP contribution in [-0.4, -0.2) is 63.0 Å². The van der Waals surface area contributed by atoms with E-state index in [1.54, 1.807) is 12.4 Å². The Morgan fingerprint density at radius 2 is 2.00 bits per heavy atom. The van der Waals surface area contributed by atoms with Crippen LogP contribution in [0.2, 0.25) is 0 Å². The van der Waals surface area contributed by atoms with Crippen LogP contribution in [0.15, 0.2) is 36.9 Å². The minimum absolute atomic E-state index is 0.0937. The van der Waals surface area contributed by atoms with Gasteiger partial charge in [-0.2, -0.15) is 0 Å². The lowest BCUT2D eigenvalue weighted by molar-refractivity contribution is -0.137. The first-order valence-electron chi connectivity index (χ1n) is 10.7. The summed E-state index contributed by atoms with van der Waals surface area (Å²) in [6, 6.07) is 4.32. The molecule has 0 spiro atoms. The van der Waals surface area contributed by atoms with Gasteiger partial charge in [-0.25, -0.2) is 4.98 Å². The van der Waals surface area contributed by atoms with Crippen LogP contribution in [0.25, 0.3) is 0 Å². The Hall–Kier alpha value is -2.25. The van der Waals surface area contributed by atoms with Crippen molar-refractivity contribution in [1.82, 2.24) is 24.3 Å². The Labute approximate surface area is 172 Å². The van der Waals surface area contributed by atoms with Crippen molar-refractivity contribution in [3.8, 4) is 0 Å². The van der Waals surface area contributed by atoms with E-state index >= 15 is 0 Å². The summed E-state index contributed by atoms with van der Waals surface area (Å²) in [7, 11) is 0. The molecule has 0 aliphatic carbocycles. The second-order valence-corrected chi connectivity index (χ2v) is 8.27. The third-order valence-corrected chi connectivity index (χ3v) is 6.01. The molecule has 0 N–H and O–H groups in total. The van der Waals surface area contributed by atoms with Gasteiger partial charge in [0.2, 0.25) is 5.91 Å². The number of carbonyl (C=O) groups excluding carboxylic acids is 1. The summed E-state index contributed by atoms with van der Waals surface area (Å²) in [5.74, 6) is 1.24. The summed E-state index contributed by atoms with van der Waals surface area (Å²) in [5, 5.41) is 0. The molecule has 2 fully saturated rings. The molecule has 7 heteroatoms. The summed E-state index contributed by atoms with van der Waals surface area (Å²) in [5.41, 5.74) is 1.05. The van der Waals surface area contributed by atoms with Gasteiger partial charge in [0.15, 0.2) is 0 Å². The average Bonchev–Trinajstić information content (AvgIpc) is 3.34. The fraction of sp³-hybridized carbons (Fsp3) is 0.591. The van der Waals surface area contributed by atoms with Gasteiger partial charge < -0.3 is 14.2 Å². The second kappa shape index (κ2) is 9.05. The Kier molecular flexibility index (Phi) is 6.25. The van der Waals surface area contributed by atoms with E-state index in [1.807, 2.05) is 29.4 Å². The zero-order chi connectivity index (χ0) is 20.2. The highest BCUT2D eigenvalue weighted by Crippen LogP contribution is 2.35. The van der Waals surface area contributed by atoms with Gasteiger partial charge in [0, 0.05) is 63.6 Å². The maximum atomic E-state index is 13.3. The number of nitrogens with zero attached hydrogens (tertiary/aromatic N) is 5. The maximum Gasteiger partial charge on any atom is 0.228 e. The van der Waals surface area contributed by atoms with Crippen molar-refractivity contribution in [2.45, 2.75) is 45.4 Å². The summed E-state index contributed by atoms with van der Waals surface area (Å²) >= 11 is 0. The average molecular weight is 398 g/mol. The normalized spacial score (nSPS) is 23.5. The summed E-state index contributed by atoms with van der Waals surface area (Å²) in [6.45, 7) is 9.27. The van der Waals surface area contributed by atoms with Gasteiger partial charge >= 0.3 is 0 Å². The van der Waals surface area contributed by atoms with E-state index in [0.29, 0.717) is 12.6 Å². The summed E-state index contributed by atoms with van der Waals surface area (Å²) in [6.07, 6.45) is 9.09. The highest BCUT2D eigenvalue weighted by Gasteiger charge is 2.38. The smallest absolute Gasteiger partial charge is 0.228 e. The molecule has 0 unspecified atom stereocenters. The van der Waals surface area contributed by atoms with E-state index in [9.17, 15) is 4.79 Å². The van der Waals surface area contributed by atoms with Crippen LogP contribution >= 0.6 is 0 Å². The fourth-order valence-electron chi connectivity index (χ4n) is 4.44. The summed E-state index contributed by atoms with van der Waals surface area (Å²) in [4.78, 5) is 26.4. The van der Waals surface area contributed by atoms with Crippen molar-refractivity contribution in [1.29, 1.82) is 0 Å². The van der Waals surface area contributed by atoms with E-state index < -0.39 is 0 Å². The number of hydrogen-bond donors (Lipinski definition) is 0. The van der Waals surface area contributed by atoms with Crippen LogP contribution in [-0.2, 0) is 16.1 Å². The van der Waals surface area contributed by atoms with Crippen molar-refractivity contribution in [2.75, 3.05) is 32.8 Å². The van der Waals surface area contributed by atoms with E-state index in [-0.39, 0.29) is 17.9 Å². The lowest BCUT2D eigenvalue weighted by Crippen LogP contribution is -2.39. The molecule has 2 saturated heterocycles. The number of pyridine rings is 1. The predicted molar refractivity (Wildman–Crippen MR) is 110 cm³/mol. The van der Waals surface area contributed by atoms with Crippen LogP contribution in [0, 0.1) is 5.92 Å². The van der Waals surface area contributed by atoms with Gasteiger partial charge in [-0.15, -0.1) is 0 Å². The lowest BCUT2D eigenvalue weighted by atomic mass is 9.94. The number of rotatable bonds is 5. The molecule has 29 heavy (non-hydrogen) atoms. The topological polar surface area (TPSA) is 63.5 Å². The minimum Gasteiger partial charge on any atom is -0.373 e. The monoisotopic (exact) mass is 397 g/mol. The molecule has 0 aromatic carbocycles. The molecule has 156 valence electrons. The zero-order valence-electron chi connectivity index (χ0n) is 17.4. The molecule has 0 radical (unpaired) electrons. The zero-order valence-corrected chi connectivity index (χ0v) is 17.4. The molecule has 7 nitrogen and oxygen atoms in total. The number of imidazole rings is 1. The largest absolute Gasteiger partial charge is 0.373 e. The molecule has 2 aliphatic rings. The quantitative estimate of drug-likeness (QED) is 0.776. The Bertz CT molecular complexity index is 807. The molecule has 2 atom stereocenters. The van der Waals surface area contributed by atoms with Crippen molar-refractivity contribution < 1.29 is 9.53 Å². The third kappa shape index (κ3) is 4.51. The molecule has 4 rings (SSSR count). The Morgan fingerprint density at radius 1 is 1.17 bits per heavy atom. The van der Waals surface area contributed by atoms with Gasteiger partial charge in [0.1, 0.15) is 5.82 Å². The van der Waals surface area contributed by atoms with E-state index in [0.717, 1.165) is 57.0 Å². The molecule has 2 aliphatic heterocycles. The van der Waals surface area contributed by atoms with Crippen molar-refractivity contribution >= 4 is 5.91 Å². The molecule has 2 aromatic heterocycles. The van der Waals surface area contributed by atoms with Crippen LogP contribution in [0.3, 0.4) is 0 Å². The van der Waals surface area contributed by atoms with Crippen LogP contribution in [0.5, 0.6) is 0 Å². The number of hydrogen-bond acceptors (Lipinski definition) is 5. The fourth-order valence-corrected chi connectivity index (χ4v) is 4.44. The minimum atomic E-state index is -0.150. The van der Waals surface area contributed by atoms with Crippen LogP contribution in [0.4, 0.5) is 0 Å². The van der Waals surface area contributed by atoms with Gasteiger partial charge in [-0.3, -0.25) is 14.7 Å². The van der Waals surface area contributed by atoms with E-state index in [4.69, 9.17) is 4.74 Å². The van der Waals surface area contributed by atoms with Gasteiger partial charge in [0.25, 0.3) is 0 Å². The molecular formula is C22H31N5O2. The van der Waals surface area contributed by atoms with Gasteiger partial charge in [-0.1, -0.05) is 0 Å². The highest BCUT2D eigenvalue weighted by atomic mass is 16.5. The molecule has 0 saturated carbocycles. The summed E-state index contributed by atoms with van der Waals surface area (Å²) < 4.78 is 8.15. The molecule has 0 bridgehead atoms. The predicted octanol–water partition coefficient (Wildman–Crippen LogP) is 2.67. The molecule has 4 heterocycles. The second-order valence-electron chi connectivity index (χ2n) is 8.27. The van der Waals surface area contributed by atoms with Crippen LogP contribution < -0.4 is 0 Å². The van der Waals surface area contributed by atoms with Gasteiger partial charge in [0.05, 0.1) is 18.6 Å². The van der Waals surface area contributed by atoms with E-state index in [1.165, 1.54) is 0 Å². The maximum absolute atomic E-state index is 13.3. The van der Waals surface area contributed by atoms with E-state index in [2.05, 4.69) is 33.3 Å². The SMILES string of the molecule is CC(C)n1ccnc1CN1CCCN(C(=O)[C@@H]2CCO[C@H]2c2ccncc2)CC1. The number of amides is 1. The van der Waals surface area contributed by atoms with Crippen molar-refractivity contribution in [2.24, 2.45) is 5.92 Å². The molecule has 1 amide bonds. The van der Waals surface area contributed by atoms with Crippen LogP contribution in [0.1, 0.15) is 50.2 Å². The molecule has 2 aromatic rings. The van der Waals surface area contributed by atoms with Gasteiger partial charge in [-0.05, 0) is 44.4 Å². The lowest BCUT2D eigenvalue weighted by Gasteiger charge is -2.27. The Balaban J connectivity index is 1.38. The standard InChI is InChI=1S/C22H31N5O2/c1-17(2)27-12-9-24-20(27)16-25-10-3-11-26(14-13-25)22(28)19-6-15-29-21(19)18-4-7-23-8-5-18/h4-5,7-9,12,17,19,21H,3,6,10-11,13-16H2,1-2H3/t19-,21+/m1/s1. The first kappa shape index (κ1) is 20.0.